The molecule has 0 aliphatic rings. The summed E-state index contributed by atoms with van der Waals surface area (Å²) in [5.41, 5.74) is 5.01. The third-order valence-corrected chi connectivity index (χ3v) is 1.56. The normalized spacial score (nSPS) is 10.8. The molecule has 0 fully saturated rings. The summed E-state index contributed by atoms with van der Waals surface area (Å²) < 4.78 is 10.0. The first-order valence-electron chi connectivity index (χ1n) is 4.81. The molecule has 6 heteroatoms. The number of ether oxygens (including phenoxy) is 1. The molecule has 0 bridgehead atoms. The summed E-state index contributed by atoms with van der Waals surface area (Å²) in [6.07, 6.45) is 0.565. The van der Waals surface area contributed by atoms with Gasteiger partial charge in [0.15, 0.2) is 5.69 Å². The Hall–Kier alpha value is -1.07. The summed E-state index contributed by atoms with van der Waals surface area (Å²) in [4.78, 5) is 11.5. The van der Waals surface area contributed by atoms with Crippen LogP contribution < -0.4 is 5.73 Å². The van der Waals surface area contributed by atoms with Crippen LogP contribution in [0.15, 0.2) is 10.6 Å². The summed E-state index contributed by atoms with van der Waals surface area (Å²) >= 11 is 0. The molecule has 1 aromatic heterocycles. The van der Waals surface area contributed by atoms with Gasteiger partial charge >= 0.3 is 5.97 Å². The molecule has 0 aliphatic carbocycles. The number of carbonyl (C=O) groups excluding carboxylic acids is 1. The molecule has 5 nitrogen and oxygen atoms in total. The lowest BCUT2D eigenvalue weighted by Crippen LogP contribution is -2.24. The van der Waals surface area contributed by atoms with Crippen LogP contribution in [-0.2, 0) is 11.2 Å². The largest absolute Gasteiger partial charge is 0.455 e. The van der Waals surface area contributed by atoms with Crippen LogP contribution >= 0.6 is 12.4 Å². The Morgan fingerprint density at radius 3 is 2.69 bits per heavy atom. The molecule has 0 amide bonds. The highest BCUT2D eigenvalue weighted by Crippen LogP contribution is 2.12. The van der Waals surface area contributed by atoms with Crippen molar-refractivity contribution in [3.63, 3.8) is 0 Å². The lowest BCUT2D eigenvalue weighted by Gasteiger charge is -2.18. The first kappa shape index (κ1) is 14.9. The van der Waals surface area contributed by atoms with Gasteiger partial charge in [0.1, 0.15) is 11.4 Å². The van der Waals surface area contributed by atoms with Crippen molar-refractivity contribution in [1.82, 2.24) is 5.16 Å². The second kappa shape index (κ2) is 5.86. The standard InChI is InChI=1S/C10H16N2O3.ClH/c1-10(2,3)14-9(13)8-6-7(4-5-11)15-12-8;/h6H,4-5,11H2,1-3H3;1H. The van der Waals surface area contributed by atoms with E-state index >= 15 is 0 Å². The number of nitrogens with two attached hydrogens (primary N) is 1. The van der Waals surface area contributed by atoms with Gasteiger partial charge in [-0.3, -0.25) is 0 Å². The van der Waals surface area contributed by atoms with Gasteiger partial charge in [0, 0.05) is 12.5 Å². The summed E-state index contributed by atoms with van der Waals surface area (Å²) in [7, 11) is 0. The van der Waals surface area contributed by atoms with Gasteiger partial charge in [-0.1, -0.05) is 5.16 Å². The predicted octanol–water partition coefficient (Wildman–Crippen LogP) is 1.55. The summed E-state index contributed by atoms with van der Waals surface area (Å²) in [5.74, 6) is 0.118. The highest BCUT2D eigenvalue weighted by Gasteiger charge is 2.20. The molecule has 0 atom stereocenters. The van der Waals surface area contributed by atoms with Gasteiger partial charge in [0.2, 0.25) is 0 Å². The topological polar surface area (TPSA) is 78.4 Å². The number of aromatic nitrogens is 1. The van der Waals surface area contributed by atoms with Crippen LogP contribution in [0.25, 0.3) is 0 Å². The fourth-order valence-electron chi connectivity index (χ4n) is 1.000. The van der Waals surface area contributed by atoms with Crippen molar-refractivity contribution in [3.05, 3.63) is 17.5 Å². The molecule has 0 radical (unpaired) electrons. The molecule has 0 spiro atoms. The predicted molar refractivity (Wildman–Crippen MR) is 61.7 cm³/mol. The lowest BCUT2D eigenvalue weighted by molar-refractivity contribution is 0.00588. The van der Waals surface area contributed by atoms with Gasteiger partial charge in [-0.25, -0.2) is 4.79 Å². The first-order valence-corrected chi connectivity index (χ1v) is 4.81. The summed E-state index contributed by atoms with van der Waals surface area (Å²) in [5, 5.41) is 3.61. The number of rotatable bonds is 3. The Bertz CT molecular complexity index is 344. The number of carbonyl (C=O) groups is 1. The number of halogens is 1. The van der Waals surface area contributed by atoms with E-state index in [1.54, 1.807) is 26.8 Å². The van der Waals surface area contributed by atoms with Gasteiger partial charge in [0.05, 0.1) is 0 Å². The van der Waals surface area contributed by atoms with Crippen LogP contribution in [0.4, 0.5) is 0 Å². The van der Waals surface area contributed by atoms with E-state index in [-0.39, 0.29) is 18.1 Å². The molecule has 0 aliphatic heterocycles. The van der Waals surface area contributed by atoms with Crippen molar-refractivity contribution in [2.24, 2.45) is 5.73 Å². The van der Waals surface area contributed by atoms with E-state index in [2.05, 4.69) is 5.16 Å². The quantitative estimate of drug-likeness (QED) is 0.822. The van der Waals surface area contributed by atoms with E-state index < -0.39 is 11.6 Å². The lowest BCUT2D eigenvalue weighted by atomic mass is 10.2. The van der Waals surface area contributed by atoms with Crippen LogP contribution in [0.1, 0.15) is 37.0 Å². The second-order valence-corrected chi connectivity index (χ2v) is 4.22. The highest BCUT2D eigenvalue weighted by molar-refractivity contribution is 5.87. The Balaban J connectivity index is 0.00000225. The van der Waals surface area contributed by atoms with E-state index in [9.17, 15) is 4.79 Å². The molecule has 0 unspecified atom stereocenters. The molecule has 2 N–H and O–H groups in total. The van der Waals surface area contributed by atoms with Crippen molar-refractivity contribution in [3.8, 4) is 0 Å². The minimum atomic E-state index is -0.524. The van der Waals surface area contributed by atoms with Gasteiger partial charge in [0.25, 0.3) is 0 Å². The second-order valence-electron chi connectivity index (χ2n) is 4.22. The van der Waals surface area contributed by atoms with Crippen molar-refractivity contribution >= 4 is 18.4 Å². The molecular weight excluding hydrogens is 232 g/mol. The maximum Gasteiger partial charge on any atom is 0.361 e. The molecule has 16 heavy (non-hydrogen) atoms. The average molecular weight is 249 g/mol. The highest BCUT2D eigenvalue weighted by atomic mass is 35.5. The van der Waals surface area contributed by atoms with Gasteiger partial charge in [-0.2, -0.15) is 0 Å². The van der Waals surface area contributed by atoms with Crippen molar-refractivity contribution in [1.29, 1.82) is 0 Å². The summed E-state index contributed by atoms with van der Waals surface area (Å²) in [6.45, 7) is 5.85. The maximum absolute atomic E-state index is 11.5. The third-order valence-electron chi connectivity index (χ3n) is 1.56. The Kier molecular flexibility index (Phi) is 5.47. The van der Waals surface area contributed by atoms with Crippen molar-refractivity contribution in [2.75, 3.05) is 6.54 Å². The van der Waals surface area contributed by atoms with Crippen LogP contribution in [0.5, 0.6) is 0 Å². The van der Waals surface area contributed by atoms with Crippen LogP contribution in [-0.4, -0.2) is 23.3 Å². The summed E-state index contributed by atoms with van der Waals surface area (Å²) in [6, 6.07) is 1.56. The van der Waals surface area contributed by atoms with Crippen LogP contribution in [0.3, 0.4) is 0 Å². The van der Waals surface area contributed by atoms with E-state index in [1.165, 1.54) is 0 Å². The maximum atomic E-state index is 11.5. The molecule has 92 valence electrons. The third kappa shape index (κ3) is 4.63. The minimum Gasteiger partial charge on any atom is -0.455 e. The molecule has 1 heterocycles. The average Bonchev–Trinajstić information content (AvgIpc) is 2.50. The fourth-order valence-corrected chi connectivity index (χ4v) is 1.000. The number of nitrogens with zero attached hydrogens (tertiary/aromatic N) is 1. The zero-order valence-corrected chi connectivity index (χ0v) is 10.5. The molecule has 1 rings (SSSR count). The molecule has 0 saturated carbocycles. The van der Waals surface area contributed by atoms with E-state index in [1.807, 2.05) is 0 Å². The van der Waals surface area contributed by atoms with E-state index in [4.69, 9.17) is 15.0 Å². The van der Waals surface area contributed by atoms with Crippen molar-refractivity contribution < 1.29 is 14.1 Å². The molecule has 1 aromatic rings. The Morgan fingerprint density at radius 2 is 2.19 bits per heavy atom. The first-order chi connectivity index (χ1) is 6.92. The molecule has 0 aromatic carbocycles. The van der Waals surface area contributed by atoms with Crippen LogP contribution in [0.2, 0.25) is 0 Å². The Morgan fingerprint density at radius 1 is 1.56 bits per heavy atom. The zero-order chi connectivity index (χ0) is 11.5. The smallest absolute Gasteiger partial charge is 0.361 e. The Labute approximate surface area is 101 Å². The number of hydrogen-bond acceptors (Lipinski definition) is 5. The number of esters is 1. The minimum absolute atomic E-state index is 0. The zero-order valence-electron chi connectivity index (χ0n) is 9.65. The fraction of sp³-hybridized carbons (Fsp3) is 0.600. The monoisotopic (exact) mass is 248 g/mol. The number of hydrogen-bond donors (Lipinski definition) is 1. The molecule has 0 saturated heterocycles. The van der Waals surface area contributed by atoms with Crippen molar-refractivity contribution in [2.45, 2.75) is 32.8 Å². The van der Waals surface area contributed by atoms with E-state index in [0.717, 1.165) is 0 Å². The van der Waals surface area contributed by atoms with Gasteiger partial charge in [-0.15, -0.1) is 12.4 Å². The van der Waals surface area contributed by atoms with E-state index in [0.29, 0.717) is 18.7 Å². The van der Waals surface area contributed by atoms with Crippen LogP contribution in [0, 0.1) is 0 Å². The molecular formula is C10H17ClN2O3. The van der Waals surface area contributed by atoms with Gasteiger partial charge < -0.3 is 15.0 Å². The SMILES string of the molecule is CC(C)(C)OC(=O)c1cc(CCN)on1.Cl. The van der Waals surface area contributed by atoms with Gasteiger partial charge in [-0.05, 0) is 27.3 Å².